The summed E-state index contributed by atoms with van der Waals surface area (Å²) in [6.45, 7) is 0.627. The lowest BCUT2D eigenvalue weighted by Crippen LogP contribution is -2.42. The van der Waals surface area contributed by atoms with Crippen molar-refractivity contribution in [1.82, 2.24) is 5.32 Å². The first-order valence-corrected chi connectivity index (χ1v) is 6.89. The molecule has 1 fully saturated rings. The van der Waals surface area contributed by atoms with Gasteiger partial charge in [-0.25, -0.2) is 0 Å². The Kier molecular flexibility index (Phi) is 4.19. The van der Waals surface area contributed by atoms with E-state index in [2.05, 4.69) is 26.6 Å². The first-order valence-electron chi connectivity index (χ1n) is 5.69. The van der Waals surface area contributed by atoms with E-state index in [-0.39, 0.29) is 11.9 Å². The van der Waals surface area contributed by atoms with Crippen molar-refractivity contribution in [3.05, 3.63) is 28.2 Å². The Balaban J connectivity index is 2.15. The highest BCUT2D eigenvalue weighted by Crippen LogP contribution is 2.23. The molecule has 0 bridgehead atoms. The predicted octanol–water partition coefficient (Wildman–Crippen LogP) is 1.77. The van der Waals surface area contributed by atoms with E-state index in [4.69, 9.17) is 18.0 Å². The molecule has 18 heavy (non-hydrogen) atoms. The van der Waals surface area contributed by atoms with Crippen LogP contribution in [0.2, 0.25) is 0 Å². The lowest BCUT2D eigenvalue weighted by atomic mass is 10.1. The fraction of sp³-hybridized carbons (Fsp3) is 0.333. The number of hydrogen-bond donors (Lipinski definition) is 3. The van der Waals surface area contributed by atoms with Crippen LogP contribution in [0.15, 0.2) is 22.7 Å². The summed E-state index contributed by atoms with van der Waals surface area (Å²) in [4.78, 5) is 11.5. The molecule has 0 saturated carbocycles. The van der Waals surface area contributed by atoms with E-state index in [9.17, 15) is 4.79 Å². The number of hydrogen-bond acceptors (Lipinski definition) is 3. The monoisotopic (exact) mass is 327 g/mol. The molecule has 1 aromatic carbocycles. The van der Waals surface area contributed by atoms with Crippen molar-refractivity contribution in [1.29, 1.82) is 0 Å². The number of benzene rings is 1. The second kappa shape index (κ2) is 5.67. The Hall–Kier alpha value is -1.14. The molecule has 2 rings (SSSR count). The summed E-state index contributed by atoms with van der Waals surface area (Å²) in [5, 5.41) is 6.22. The quantitative estimate of drug-likeness (QED) is 0.740. The fourth-order valence-electron chi connectivity index (χ4n) is 1.93. The lowest BCUT2D eigenvalue weighted by Gasteiger charge is -2.25. The van der Waals surface area contributed by atoms with Gasteiger partial charge in [0, 0.05) is 34.7 Å². The zero-order valence-electron chi connectivity index (χ0n) is 9.70. The minimum absolute atomic E-state index is 0.108. The fourth-order valence-corrected chi connectivity index (χ4v) is 2.47. The van der Waals surface area contributed by atoms with Crippen LogP contribution in [-0.4, -0.2) is 23.5 Å². The second-order valence-corrected chi connectivity index (χ2v) is 5.59. The molecule has 4 N–H and O–H groups in total. The molecule has 0 radical (unpaired) electrons. The highest BCUT2D eigenvalue weighted by atomic mass is 79.9. The van der Waals surface area contributed by atoms with Gasteiger partial charge < -0.3 is 16.4 Å². The normalized spacial score (nSPS) is 19.2. The standard InChI is InChI=1S/C12H14BrN3OS/c13-7-1-3-9(12(14)18)10(5-7)16-8-2-4-11(17)15-6-8/h1,3,5,8,16H,2,4,6H2,(H2,14,18)(H,15,17). The number of rotatable bonds is 3. The number of piperidine rings is 1. The third-order valence-corrected chi connectivity index (χ3v) is 3.59. The van der Waals surface area contributed by atoms with Gasteiger partial charge in [0.15, 0.2) is 0 Å². The van der Waals surface area contributed by atoms with Gasteiger partial charge in [-0.05, 0) is 24.6 Å². The van der Waals surface area contributed by atoms with Gasteiger partial charge in [-0.2, -0.15) is 0 Å². The third kappa shape index (κ3) is 3.20. The molecule has 96 valence electrons. The van der Waals surface area contributed by atoms with Gasteiger partial charge >= 0.3 is 0 Å². The van der Waals surface area contributed by atoms with Crippen LogP contribution in [0, 0.1) is 0 Å². The Morgan fingerprint density at radius 3 is 2.94 bits per heavy atom. The first kappa shape index (κ1) is 13.3. The zero-order chi connectivity index (χ0) is 13.1. The van der Waals surface area contributed by atoms with Crippen LogP contribution in [-0.2, 0) is 4.79 Å². The first-order chi connectivity index (χ1) is 8.56. The highest BCUT2D eigenvalue weighted by molar-refractivity contribution is 9.10. The molecule has 0 aliphatic carbocycles. The highest BCUT2D eigenvalue weighted by Gasteiger charge is 2.19. The summed E-state index contributed by atoms with van der Waals surface area (Å²) in [6.07, 6.45) is 1.36. The third-order valence-electron chi connectivity index (χ3n) is 2.87. The van der Waals surface area contributed by atoms with Crippen LogP contribution in [0.1, 0.15) is 18.4 Å². The van der Waals surface area contributed by atoms with E-state index in [0.717, 1.165) is 22.1 Å². The summed E-state index contributed by atoms with van der Waals surface area (Å²) in [5.41, 5.74) is 7.42. The van der Waals surface area contributed by atoms with E-state index in [1.165, 1.54) is 0 Å². The number of anilines is 1. The number of amides is 1. The smallest absolute Gasteiger partial charge is 0.220 e. The number of halogens is 1. The van der Waals surface area contributed by atoms with Gasteiger partial charge in [-0.1, -0.05) is 28.1 Å². The van der Waals surface area contributed by atoms with Crippen LogP contribution in [0.5, 0.6) is 0 Å². The van der Waals surface area contributed by atoms with Crippen molar-refractivity contribution in [3.63, 3.8) is 0 Å². The van der Waals surface area contributed by atoms with Gasteiger partial charge in [0.1, 0.15) is 4.99 Å². The van der Waals surface area contributed by atoms with Crippen molar-refractivity contribution in [2.24, 2.45) is 5.73 Å². The molecule has 0 aromatic heterocycles. The largest absolute Gasteiger partial charge is 0.389 e. The van der Waals surface area contributed by atoms with Gasteiger partial charge in [-0.3, -0.25) is 4.79 Å². The van der Waals surface area contributed by atoms with Crippen molar-refractivity contribution < 1.29 is 4.79 Å². The summed E-state index contributed by atoms with van der Waals surface area (Å²) >= 11 is 8.46. The molecule has 6 heteroatoms. The molecule has 1 aliphatic heterocycles. The van der Waals surface area contributed by atoms with Gasteiger partial charge in [0.2, 0.25) is 5.91 Å². The van der Waals surface area contributed by atoms with Gasteiger partial charge in [0.25, 0.3) is 0 Å². The van der Waals surface area contributed by atoms with E-state index < -0.39 is 0 Å². The zero-order valence-corrected chi connectivity index (χ0v) is 12.1. The van der Waals surface area contributed by atoms with E-state index in [1.54, 1.807) is 0 Å². The number of carbonyl (C=O) groups excluding carboxylic acids is 1. The topological polar surface area (TPSA) is 67.1 Å². The Bertz CT molecular complexity index is 482. The SMILES string of the molecule is NC(=S)c1ccc(Br)cc1NC1CCC(=O)NC1. The molecule has 1 heterocycles. The average molecular weight is 328 g/mol. The minimum atomic E-state index is 0.108. The summed E-state index contributed by atoms with van der Waals surface area (Å²) in [7, 11) is 0. The summed E-state index contributed by atoms with van der Waals surface area (Å²) < 4.78 is 0.963. The second-order valence-electron chi connectivity index (χ2n) is 4.24. The average Bonchev–Trinajstić information content (AvgIpc) is 2.32. The molecule has 1 unspecified atom stereocenters. The molecule has 1 aromatic rings. The van der Waals surface area contributed by atoms with E-state index >= 15 is 0 Å². The van der Waals surface area contributed by atoms with Crippen LogP contribution in [0.3, 0.4) is 0 Å². The molecule has 4 nitrogen and oxygen atoms in total. The Morgan fingerprint density at radius 1 is 1.56 bits per heavy atom. The van der Waals surface area contributed by atoms with Crippen molar-refractivity contribution in [2.45, 2.75) is 18.9 Å². The van der Waals surface area contributed by atoms with E-state index in [1.807, 2.05) is 18.2 Å². The number of nitrogens with two attached hydrogens (primary N) is 1. The van der Waals surface area contributed by atoms with Gasteiger partial charge in [-0.15, -0.1) is 0 Å². The predicted molar refractivity (Wildman–Crippen MR) is 79.7 cm³/mol. The number of thiocarbonyl (C=S) groups is 1. The molecule has 1 amide bonds. The maximum atomic E-state index is 11.1. The summed E-state index contributed by atoms with van der Waals surface area (Å²) in [6, 6.07) is 5.95. The molecular weight excluding hydrogens is 314 g/mol. The van der Waals surface area contributed by atoms with E-state index in [0.29, 0.717) is 18.0 Å². The molecule has 1 aliphatic rings. The van der Waals surface area contributed by atoms with Crippen LogP contribution < -0.4 is 16.4 Å². The lowest BCUT2D eigenvalue weighted by molar-refractivity contribution is -0.122. The minimum Gasteiger partial charge on any atom is -0.389 e. The van der Waals surface area contributed by atoms with Gasteiger partial charge in [0.05, 0.1) is 0 Å². The van der Waals surface area contributed by atoms with Crippen molar-refractivity contribution >= 4 is 44.7 Å². The molecular formula is C12H14BrN3OS. The van der Waals surface area contributed by atoms with Crippen molar-refractivity contribution in [2.75, 3.05) is 11.9 Å². The maximum Gasteiger partial charge on any atom is 0.220 e. The molecule has 1 saturated heterocycles. The Morgan fingerprint density at radius 2 is 2.33 bits per heavy atom. The Labute approximate surface area is 119 Å². The van der Waals surface area contributed by atoms with Crippen molar-refractivity contribution in [3.8, 4) is 0 Å². The molecule has 1 atom stereocenters. The summed E-state index contributed by atoms with van der Waals surface area (Å²) in [5.74, 6) is 0.108. The molecule has 0 spiro atoms. The van der Waals surface area contributed by atoms with Crippen LogP contribution in [0.25, 0.3) is 0 Å². The number of nitrogens with one attached hydrogen (secondary N) is 2. The van der Waals surface area contributed by atoms with Crippen LogP contribution >= 0.6 is 28.1 Å². The van der Waals surface area contributed by atoms with Crippen LogP contribution in [0.4, 0.5) is 5.69 Å². The maximum absolute atomic E-state index is 11.1. The number of carbonyl (C=O) groups is 1.